The third kappa shape index (κ3) is 4.04. The molecule has 2 aromatic rings. The fourth-order valence-electron chi connectivity index (χ4n) is 2.77. The van der Waals surface area contributed by atoms with Crippen molar-refractivity contribution in [2.24, 2.45) is 0 Å². The van der Waals surface area contributed by atoms with Crippen LogP contribution < -0.4 is 4.65 Å². The highest BCUT2D eigenvalue weighted by Gasteiger charge is 2.46. The van der Waals surface area contributed by atoms with Crippen molar-refractivity contribution in [3.63, 3.8) is 0 Å². The molecule has 136 valence electrons. The second kappa shape index (κ2) is 7.83. The average molecular weight is 384 g/mol. The van der Waals surface area contributed by atoms with Gasteiger partial charge in [0.15, 0.2) is 4.34 Å². The van der Waals surface area contributed by atoms with Gasteiger partial charge in [0.2, 0.25) is 0 Å². The van der Waals surface area contributed by atoms with E-state index in [4.69, 9.17) is 9.15 Å². The van der Waals surface area contributed by atoms with E-state index in [0.29, 0.717) is 17.4 Å². The van der Waals surface area contributed by atoms with Crippen LogP contribution in [0.25, 0.3) is 0 Å². The Morgan fingerprint density at radius 2 is 2.44 bits per heavy atom. The lowest BCUT2D eigenvalue weighted by atomic mass is 10.3. The highest BCUT2D eigenvalue weighted by Crippen LogP contribution is 2.36. The van der Waals surface area contributed by atoms with Crippen LogP contribution in [-0.4, -0.2) is 53.3 Å². The van der Waals surface area contributed by atoms with Crippen LogP contribution in [0.3, 0.4) is 0 Å². The maximum Gasteiger partial charge on any atom is 0.318 e. The Bertz CT molecular complexity index is 708. The lowest BCUT2D eigenvalue weighted by Gasteiger charge is -2.38. The molecule has 0 spiro atoms. The van der Waals surface area contributed by atoms with Crippen LogP contribution in [0, 0.1) is 5.21 Å². The number of rotatable bonds is 7. The van der Waals surface area contributed by atoms with Gasteiger partial charge in [-0.1, -0.05) is 23.8 Å². The zero-order valence-corrected chi connectivity index (χ0v) is 15.7. The van der Waals surface area contributed by atoms with Crippen molar-refractivity contribution in [3.05, 3.63) is 29.4 Å². The molecule has 1 fully saturated rings. The molecule has 0 aliphatic carbocycles. The Hall–Kier alpha value is -1.46. The number of carbonyl (C=O) groups is 1. The van der Waals surface area contributed by atoms with E-state index in [1.807, 2.05) is 18.1 Å². The number of hydrogen-bond acceptors (Lipinski definition) is 9. The van der Waals surface area contributed by atoms with Crippen LogP contribution in [-0.2, 0) is 16.0 Å². The molecule has 25 heavy (non-hydrogen) atoms. The number of nitrogens with zero attached hydrogens (tertiary/aromatic N) is 4. The van der Waals surface area contributed by atoms with E-state index in [0.717, 1.165) is 17.3 Å². The van der Waals surface area contributed by atoms with E-state index >= 15 is 0 Å². The molecule has 3 heterocycles. The molecule has 8 nitrogen and oxygen atoms in total. The Kier molecular flexibility index (Phi) is 5.74. The monoisotopic (exact) mass is 384 g/mol. The van der Waals surface area contributed by atoms with Gasteiger partial charge in [-0.05, 0) is 36.1 Å². The molecular weight excluding hydrogens is 364 g/mol. The maximum absolute atomic E-state index is 13.5. The molecule has 2 aromatic heterocycles. The largest absolute Gasteiger partial charge is 0.622 e. The summed E-state index contributed by atoms with van der Waals surface area (Å²) >= 11 is 2.69. The van der Waals surface area contributed by atoms with Crippen molar-refractivity contribution >= 4 is 34.2 Å². The Labute approximate surface area is 153 Å². The summed E-state index contributed by atoms with van der Waals surface area (Å²) in [4.78, 5) is 14.2. The molecule has 1 saturated heterocycles. The molecule has 2 atom stereocenters. The number of furan rings is 1. The van der Waals surface area contributed by atoms with Gasteiger partial charge in [-0.2, -0.15) is 0 Å². The minimum Gasteiger partial charge on any atom is -0.622 e. The van der Waals surface area contributed by atoms with Crippen LogP contribution >= 0.6 is 23.1 Å². The molecule has 1 aliphatic rings. The summed E-state index contributed by atoms with van der Waals surface area (Å²) in [6, 6.07) is 3.41. The van der Waals surface area contributed by atoms with Crippen molar-refractivity contribution in [3.8, 4) is 0 Å². The fourth-order valence-corrected chi connectivity index (χ4v) is 4.10. The van der Waals surface area contributed by atoms with Crippen LogP contribution in [0.2, 0.25) is 0 Å². The number of thioether (sulfide) groups is 1. The highest BCUT2D eigenvalue weighted by atomic mass is 32.2. The van der Waals surface area contributed by atoms with E-state index in [-0.39, 0.29) is 13.1 Å². The van der Waals surface area contributed by atoms with Gasteiger partial charge < -0.3 is 14.4 Å². The average Bonchev–Trinajstić information content (AvgIpc) is 3.30. The quantitative estimate of drug-likeness (QED) is 0.311. The first kappa shape index (κ1) is 18.3. The first-order chi connectivity index (χ1) is 12.0. The van der Waals surface area contributed by atoms with E-state index in [1.165, 1.54) is 29.4 Å². The van der Waals surface area contributed by atoms with Crippen molar-refractivity contribution in [2.45, 2.75) is 30.3 Å². The number of quaternary nitrogens is 1. The predicted molar refractivity (Wildman–Crippen MR) is 95.9 cm³/mol. The molecule has 0 N–H and O–H groups in total. The van der Waals surface area contributed by atoms with E-state index in [2.05, 4.69) is 10.2 Å². The Balaban J connectivity index is 1.76. The minimum atomic E-state index is -0.850. The van der Waals surface area contributed by atoms with Gasteiger partial charge in [-0.3, -0.25) is 9.44 Å². The molecule has 2 unspecified atom stereocenters. The smallest absolute Gasteiger partial charge is 0.318 e. The van der Waals surface area contributed by atoms with E-state index in [9.17, 15) is 10.0 Å². The maximum atomic E-state index is 13.5. The van der Waals surface area contributed by atoms with E-state index < -0.39 is 16.8 Å². The number of esters is 1. The normalized spacial score (nSPS) is 23.9. The summed E-state index contributed by atoms with van der Waals surface area (Å²) in [6.45, 7) is 3.40. The van der Waals surface area contributed by atoms with Crippen LogP contribution in [0.1, 0.15) is 19.1 Å². The fraction of sp³-hybridized carbons (Fsp3) is 0.533. The van der Waals surface area contributed by atoms with Crippen molar-refractivity contribution in [1.29, 1.82) is 0 Å². The minimum absolute atomic E-state index is 0.00343. The summed E-state index contributed by atoms with van der Waals surface area (Å²) in [5.41, 5.74) is 0. The Morgan fingerprint density at radius 1 is 1.60 bits per heavy atom. The summed E-state index contributed by atoms with van der Waals surface area (Å²) in [5, 5.41) is 21.9. The molecular formula is C15H20N4O4S2. The lowest BCUT2D eigenvalue weighted by molar-refractivity contribution is -0.152. The highest BCUT2D eigenvalue weighted by molar-refractivity contribution is 8.00. The van der Waals surface area contributed by atoms with Crippen molar-refractivity contribution in [2.75, 3.05) is 26.0 Å². The van der Waals surface area contributed by atoms with Gasteiger partial charge in [0, 0.05) is 6.54 Å². The van der Waals surface area contributed by atoms with Crippen LogP contribution in [0.4, 0.5) is 5.13 Å². The van der Waals surface area contributed by atoms with Crippen LogP contribution in [0.15, 0.2) is 27.2 Å². The molecule has 0 amide bonds. The standard InChI is InChI=1S/C15H20N4O4S2/c1-3-6-18-9-12(23-13(20)8-11-5-4-7-22-11)19(21,10-18)14-16-17-15(24-2)25-14/h4-5,7,12H,3,6,8-10H2,1-2H3. The van der Waals surface area contributed by atoms with E-state index in [1.54, 1.807) is 12.1 Å². The van der Waals surface area contributed by atoms with Gasteiger partial charge >= 0.3 is 11.1 Å². The number of aromatic nitrogens is 2. The molecule has 0 aromatic carbocycles. The third-order valence-corrected chi connectivity index (χ3v) is 5.90. The molecule has 3 rings (SSSR count). The van der Waals surface area contributed by atoms with Crippen molar-refractivity contribution < 1.29 is 13.9 Å². The van der Waals surface area contributed by atoms with Gasteiger partial charge in [0.05, 0.1) is 12.8 Å². The third-order valence-electron chi connectivity index (χ3n) is 3.89. The van der Waals surface area contributed by atoms with Gasteiger partial charge in [0.1, 0.15) is 18.8 Å². The van der Waals surface area contributed by atoms with Gasteiger partial charge in [0.25, 0.3) is 6.23 Å². The summed E-state index contributed by atoms with van der Waals surface area (Å²) < 4.78 is 10.6. The first-order valence-electron chi connectivity index (χ1n) is 7.96. The molecule has 10 heteroatoms. The number of hydrogen-bond donors (Lipinski definition) is 0. The number of hydroxylamine groups is 2. The summed E-state index contributed by atoms with van der Waals surface area (Å²) in [5.74, 6) is 0.0317. The summed E-state index contributed by atoms with van der Waals surface area (Å²) in [6.07, 6.45) is 3.45. The first-order valence-corrected chi connectivity index (χ1v) is 10.00. The van der Waals surface area contributed by atoms with Crippen molar-refractivity contribution in [1.82, 2.24) is 19.7 Å². The zero-order valence-electron chi connectivity index (χ0n) is 14.1. The predicted octanol–water partition coefficient (Wildman–Crippen LogP) is 2.45. The second-order valence-electron chi connectivity index (χ2n) is 5.77. The number of ether oxygens (including phenoxy) is 1. The summed E-state index contributed by atoms with van der Waals surface area (Å²) in [7, 11) is 0. The zero-order chi connectivity index (χ0) is 17.9. The molecule has 1 aliphatic heterocycles. The number of carbonyl (C=O) groups excluding carboxylic acids is 1. The Morgan fingerprint density at radius 3 is 3.08 bits per heavy atom. The molecule has 0 radical (unpaired) electrons. The molecule has 0 saturated carbocycles. The topological polar surface area (TPSA) is 91.5 Å². The van der Waals surface area contributed by atoms with Gasteiger partial charge in [-0.25, -0.2) is 4.90 Å². The lowest BCUT2D eigenvalue weighted by Crippen LogP contribution is -2.51. The van der Waals surface area contributed by atoms with Crippen LogP contribution in [0.5, 0.6) is 0 Å². The van der Waals surface area contributed by atoms with Gasteiger partial charge in [-0.15, -0.1) is 5.10 Å². The molecule has 0 bridgehead atoms. The second-order valence-corrected chi connectivity index (χ2v) is 7.78. The SMILES string of the molecule is CCCN1CC(OC(=O)Cc2ccco2)[N+]([O-])(c2nnc(SC)s2)C1.